The highest BCUT2D eigenvalue weighted by Gasteiger charge is 1.79. The van der Waals surface area contributed by atoms with E-state index in [9.17, 15) is 0 Å². The first-order valence-electron chi connectivity index (χ1n) is 3.19. The molecule has 0 rings (SSSR count). The second kappa shape index (κ2) is 4.85. The van der Waals surface area contributed by atoms with Crippen LogP contribution in [0.3, 0.4) is 0 Å². The molecule has 1 nitrogen and oxygen atoms in total. The van der Waals surface area contributed by atoms with E-state index in [1.807, 2.05) is 13.0 Å². The third-order valence-electron chi connectivity index (χ3n) is 0.895. The number of rotatable bonds is 3. The van der Waals surface area contributed by atoms with E-state index in [1.54, 1.807) is 0 Å². The molecule has 0 saturated heterocycles. The molecule has 0 aliphatic carbocycles. The Morgan fingerprint density at radius 2 is 2.25 bits per heavy atom. The molecule has 0 aromatic heterocycles. The summed E-state index contributed by atoms with van der Waals surface area (Å²) >= 11 is 0. The van der Waals surface area contributed by atoms with Crippen LogP contribution in [0.5, 0.6) is 0 Å². The van der Waals surface area contributed by atoms with E-state index in [2.05, 4.69) is 13.0 Å². The molecule has 0 fully saturated rings. The summed E-state index contributed by atoms with van der Waals surface area (Å²) in [5.41, 5.74) is 5.45. The molecule has 8 heavy (non-hydrogen) atoms. The molecular formula is C7H15N. The van der Waals surface area contributed by atoms with Gasteiger partial charge in [-0.25, -0.2) is 0 Å². The lowest BCUT2D eigenvalue weighted by molar-refractivity contribution is 0.897. The van der Waals surface area contributed by atoms with Crippen molar-refractivity contribution in [2.24, 2.45) is 5.73 Å². The van der Waals surface area contributed by atoms with Crippen molar-refractivity contribution in [1.82, 2.24) is 0 Å². The van der Waals surface area contributed by atoms with Crippen molar-refractivity contribution < 1.29 is 0 Å². The summed E-state index contributed by atoms with van der Waals surface area (Å²) in [4.78, 5) is 0. The first kappa shape index (κ1) is 7.70. The summed E-state index contributed by atoms with van der Waals surface area (Å²) in [6.07, 6.45) is 6.53. The van der Waals surface area contributed by atoms with Crippen LogP contribution in [0.25, 0.3) is 0 Å². The van der Waals surface area contributed by atoms with Gasteiger partial charge in [0.2, 0.25) is 0 Å². The summed E-state index contributed by atoms with van der Waals surface area (Å²) in [6, 6.07) is 0.224. The van der Waals surface area contributed by atoms with E-state index in [1.165, 1.54) is 6.42 Å². The molecule has 1 atom stereocenters. The van der Waals surface area contributed by atoms with Crippen molar-refractivity contribution in [3.05, 3.63) is 12.2 Å². The number of unbranched alkanes of at least 4 members (excludes halogenated alkanes) is 1. The van der Waals surface area contributed by atoms with E-state index in [4.69, 9.17) is 5.73 Å². The predicted molar refractivity (Wildman–Crippen MR) is 37.7 cm³/mol. The molecule has 0 aromatic rings. The molecule has 0 spiro atoms. The Labute approximate surface area is 51.6 Å². The van der Waals surface area contributed by atoms with Gasteiger partial charge in [0.1, 0.15) is 0 Å². The highest BCUT2D eigenvalue weighted by atomic mass is 14.6. The van der Waals surface area contributed by atoms with Crippen LogP contribution < -0.4 is 5.73 Å². The quantitative estimate of drug-likeness (QED) is 0.554. The van der Waals surface area contributed by atoms with E-state index in [0.717, 1.165) is 6.42 Å². The van der Waals surface area contributed by atoms with Crippen LogP contribution in [0.1, 0.15) is 26.7 Å². The monoisotopic (exact) mass is 113 g/mol. The zero-order valence-corrected chi connectivity index (χ0v) is 5.72. The predicted octanol–water partition coefficient (Wildman–Crippen LogP) is 1.69. The van der Waals surface area contributed by atoms with Gasteiger partial charge in [0.05, 0.1) is 0 Å². The Kier molecular flexibility index (Phi) is 4.67. The number of nitrogens with two attached hydrogens (primary N) is 1. The maximum absolute atomic E-state index is 5.45. The van der Waals surface area contributed by atoms with Gasteiger partial charge < -0.3 is 5.73 Å². The van der Waals surface area contributed by atoms with Gasteiger partial charge in [0, 0.05) is 6.04 Å². The Hall–Kier alpha value is -0.300. The standard InChI is InChI=1S/C7H15N/c1-3-4-5-6-7(2)8/h5-7H,3-4,8H2,1-2H3/b6-5-/t7-/m0/s1. The first-order valence-corrected chi connectivity index (χ1v) is 3.19. The Bertz CT molecular complexity index is 64.8. The zero-order chi connectivity index (χ0) is 6.41. The molecule has 0 aromatic carbocycles. The lowest BCUT2D eigenvalue weighted by Gasteiger charge is -1.91. The summed E-state index contributed by atoms with van der Waals surface area (Å²) in [6.45, 7) is 4.14. The van der Waals surface area contributed by atoms with Crippen molar-refractivity contribution >= 4 is 0 Å². The fourth-order valence-corrected chi connectivity index (χ4v) is 0.478. The maximum Gasteiger partial charge on any atom is 0.0194 e. The van der Waals surface area contributed by atoms with Crippen LogP contribution in [-0.2, 0) is 0 Å². The largest absolute Gasteiger partial charge is 0.325 e. The van der Waals surface area contributed by atoms with Crippen molar-refractivity contribution in [2.75, 3.05) is 0 Å². The molecule has 1 heteroatoms. The van der Waals surface area contributed by atoms with E-state index in [0.29, 0.717) is 0 Å². The van der Waals surface area contributed by atoms with Gasteiger partial charge in [-0.15, -0.1) is 0 Å². The van der Waals surface area contributed by atoms with Crippen molar-refractivity contribution in [3.63, 3.8) is 0 Å². The molecule has 0 aliphatic rings. The van der Waals surface area contributed by atoms with Gasteiger partial charge in [-0.05, 0) is 13.3 Å². The van der Waals surface area contributed by atoms with Crippen molar-refractivity contribution in [1.29, 1.82) is 0 Å². The van der Waals surface area contributed by atoms with Crippen LogP contribution >= 0.6 is 0 Å². The summed E-state index contributed by atoms with van der Waals surface area (Å²) < 4.78 is 0. The van der Waals surface area contributed by atoms with E-state index >= 15 is 0 Å². The summed E-state index contributed by atoms with van der Waals surface area (Å²) in [5, 5.41) is 0. The van der Waals surface area contributed by atoms with Crippen LogP contribution in [0.2, 0.25) is 0 Å². The fourth-order valence-electron chi connectivity index (χ4n) is 0.478. The van der Waals surface area contributed by atoms with Crippen LogP contribution in [-0.4, -0.2) is 6.04 Å². The van der Waals surface area contributed by atoms with Crippen molar-refractivity contribution in [2.45, 2.75) is 32.7 Å². The minimum Gasteiger partial charge on any atom is -0.325 e. The smallest absolute Gasteiger partial charge is 0.0194 e. The SMILES string of the molecule is CCC/C=C\[C@H](C)N. The summed E-state index contributed by atoms with van der Waals surface area (Å²) in [7, 11) is 0. The Balaban J connectivity index is 3.07. The molecule has 0 heterocycles. The number of hydrogen-bond acceptors (Lipinski definition) is 1. The Morgan fingerprint density at radius 3 is 2.62 bits per heavy atom. The van der Waals surface area contributed by atoms with E-state index < -0.39 is 0 Å². The van der Waals surface area contributed by atoms with Gasteiger partial charge in [-0.3, -0.25) is 0 Å². The molecule has 2 N–H and O–H groups in total. The van der Waals surface area contributed by atoms with Gasteiger partial charge in [0.15, 0.2) is 0 Å². The number of allylic oxidation sites excluding steroid dienone is 1. The van der Waals surface area contributed by atoms with E-state index in [-0.39, 0.29) is 6.04 Å². The maximum atomic E-state index is 5.45. The molecule has 0 unspecified atom stereocenters. The van der Waals surface area contributed by atoms with Crippen LogP contribution in [0, 0.1) is 0 Å². The van der Waals surface area contributed by atoms with Crippen LogP contribution in [0.15, 0.2) is 12.2 Å². The second-order valence-electron chi connectivity index (χ2n) is 2.08. The van der Waals surface area contributed by atoms with Crippen molar-refractivity contribution in [3.8, 4) is 0 Å². The fraction of sp³-hybridized carbons (Fsp3) is 0.714. The number of hydrogen-bond donors (Lipinski definition) is 1. The molecule has 0 aliphatic heterocycles. The molecule has 0 radical (unpaired) electrons. The normalized spacial score (nSPS) is 14.9. The third-order valence-corrected chi connectivity index (χ3v) is 0.895. The first-order chi connectivity index (χ1) is 3.77. The minimum absolute atomic E-state index is 0.224. The summed E-state index contributed by atoms with van der Waals surface area (Å²) in [5.74, 6) is 0. The molecule has 0 saturated carbocycles. The topological polar surface area (TPSA) is 26.0 Å². The highest BCUT2D eigenvalue weighted by molar-refractivity contribution is 4.87. The molecule has 0 bridgehead atoms. The Morgan fingerprint density at radius 1 is 1.62 bits per heavy atom. The molecule has 0 amide bonds. The zero-order valence-electron chi connectivity index (χ0n) is 5.72. The van der Waals surface area contributed by atoms with Gasteiger partial charge in [0.25, 0.3) is 0 Å². The van der Waals surface area contributed by atoms with Gasteiger partial charge >= 0.3 is 0 Å². The molecular weight excluding hydrogens is 98.1 g/mol. The minimum atomic E-state index is 0.224. The average Bonchev–Trinajstić information content (AvgIpc) is 1.66. The lowest BCUT2D eigenvalue weighted by Crippen LogP contribution is -2.09. The van der Waals surface area contributed by atoms with Gasteiger partial charge in [-0.2, -0.15) is 0 Å². The lowest BCUT2D eigenvalue weighted by atomic mass is 10.2. The molecule has 48 valence electrons. The van der Waals surface area contributed by atoms with Crippen LogP contribution in [0.4, 0.5) is 0 Å². The second-order valence-corrected chi connectivity index (χ2v) is 2.08. The highest BCUT2D eigenvalue weighted by Crippen LogP contribution is 1.88. The average molecular weight is 113 g/mol. The van der Waals surface area contributed by atoms with Gasteiger partial charge in [-0.1, -0.05) is 25.5 Å². The third kappa shape index (κ3) is 5.70.